The maximum Gasteiger partial charge on any atom is 0.287 e. The van der Waals surface area contributed by atoms with Crippen LogP contribution in [0, 0.1) is 6.92 Å². The highest BCUT2D eigenvalue weighted by atomic mass is 79.9. The second-order valence-corrected chi connectivity index (χ2v) is 5.86. The van der Waals surface area contributed by atoms with Crippen molar-refractivity contribution in [1.29, 1.82) is 0 Å². The molecule has 0 aliphatic rings. The number of nitrogens with zero attached hydrogens (tertiary/aromatic N) is 2. The van der Waals surface area contributed by atoms with Crippen molar-refractivity contribution in [2.45, 2.75) is 13.3 Å². The number of carbonyl (C=O) groups excluding carboxylic acids is 1. The fourth-order valence-electron chi connectivity index (χ4n) is 2.06. The fourth-order valence-corrected chi connectivity index (χ4v) is 2.36. The smallest absolute Gasteiger partial charge is 0.287 e. The van der Waals surface area contributed by atoms with Crippen LogP contribution in [0.25, 0.3) is 11.4 Å². The van der Waals surface area contributed by atoms with Crippen molar-refractivity contribution in [2.75, 3.05) is 6.54 Å². The summed E-state index contributed by atoms with van der Waals surface area (Å²) in [5.41, 5.74) is 2.15. The Morgan fingerprint density at radius 2 is 2.04 bits per heavy atom. The summed E-state index contributed by atoms with van der Waals surface area (Å²) in [6.45, 7) is 2.48. The molecule has 1 aromatic carbocycles. The van der Waals surface area contributed by atoms with Gasteiger partial charge in [-0.2, -0.15) is 5.10 Å². The Morgan fingerprint density at radius 1 is 1.26 bits per heavy atom. The molecule has 23 heavy (non-hydrogen) atoms. The van der Waals surface area contributed by atoms with Crippen molar-refractivity contribution in [3.63, 3.8) is 0 Å². The zero-order valence-corrected chi connectivity index (χ0v) is 14.1. The first-order valence-electron chi connectivity index (χ1n) is 7.13. The van der Waals surface area contributed by atoms with Crippen LogP contribution in [-0.2, 0) is 6.42 Å². The monoisotopic (exact) mass is 374 g/mol. The Labute approximate surface area is 141 Å². The van der Waals surface area contributed by atoms with Crippen molar-refractivity contribution in [1.82, 2.24) is 20.5 Å². The predicted octanol–water partition coefficient (Wildman–Crippen LogP) is 3.11. The Bertz CT molecular complexity index is 808. The molecular weight excluding hydrogens is 360 g/mol. The number of rotatable bonds is 5. The standard InChI is InChI=1S/C16H15BrN4O2/c1-10-2-4-11(5-3-10)15-19-14(20-21-15)8-9-18-16(22)12-6-7-13(17)23-12/h2-7H,8-9H2,1H3,(H,18,22)(H,19,20,21). The van der Waals surface area contributed by atoms with E-state index in [1.807, 2.05) is 31.2 Å². The molecule has 2 heterocycles. The van der Waals surface area contributed by atoms with Crippen molar-refractivity contribution in [3.8, 4) is 11.4 Å². The first-order chi connectivity index (χ1) is 11.1. The lowest BCUT2D eigenvalue weighted by molar-refractivity contribution is 0.0925. The number of aromatic nitrogens is 3. The van der Waals surface area contributed by atoms with E-state index in [1.54, 1.807) is 12.1 Å². The van der Waals surface area contributed by atoms with Crippen LogP contribution in [0.1, 0.15) is 21.9 Å². The SMILES string of the molecule is Cc1ccc(-c2n[nH]c(CCNC(=O)c3ccc(Br)o3)n2)cc1. The van der Waals surface area contributed by atoms with Crippen LogP contribution in [0.3, 0.4) is 0 Å². The maximum absolute atomic E-state index is 11.8. The summed E-state index contributed by atoms with van der Waals surface area (Å²) in [6.07, 6.45) is 0.562. The van der Waals surface area contributed by atoms with Crippen molar-refractivity contribution < 1.29 is 9.21 Å². The normalized spacial score (nSPS) is 10.7. The zero-order chi connectivity index (χ0) is 16.2. The molecule has 3 rings (SSSR count). The van der Waals surface area contributed by atoms with Gasteiger partial charge in [-0.15, -0.1) is 0 Å². The number of amides is 1. The van der Waals surface area contributed by atoms with Crippen LogP contribution in [0.2, 0.25) is 0 Å². The molecular formula is C16H15BrN4O2. The summed E-state index contributed by atoms with van der Waals surface area (Å²) in [7, 11) is 0. The van der Waals surface area contributed by atoms with E-state index in [0.717, 1.165) is 11.4 Å². The zero-order valence-electron chi connectivity index (χ0n) is 12.5. The average molecular weight is 375 g/mol. The number of aryl methyl sites for hydroxylation is 1. The van der Waals surface area contributed by atoms with E-state index in [2.05, 4.69) is 36.4 Å². The molecule has 1 amide bonds. The van der Waals surface area contributed by atoms with Gasteiger partial charge in [0.05, 0.1) is 0 Å². The second-order valence-electron chi connectivity index (χ2n) is 5.08. The molecule has 0 spiro atoms. The van der Waals surface area contributed by atoms with Gasteiger partial charge in [0.1, 0.15) is 5.82 Å². The third-order valence-corrected chi connectivity index (χ3v) is 3.71. The minimum atomic E-state index is -0.256. The third kappa shape index (κ3) is 3.87. The number of furan rings is 1. The Hall–Kier alpha value is -2.41. The van der Waals surface area contributed by atoms with Gasteiger partial charge in [-0.1, -0.05) is 29.8 Å². The van der Waals surface area contributed by atoms with Crippen LogP contribution in [0.5, 0.6) is 0 Å². The van der Waals surface area contributed by atoms with Gasteiger partial charge in [0.25, 0.3) is 5.91 Å². The minimum Gasteiger partial charge on any atom is -0.444 e. The molecule has 2 N–H and O–H groups in total. The third-order valence-electron chi connectivity index (χ3n) is 3.29. The quantitative estimate of drug-likeness (QED) is 0.718. The number of aromatic amines is 1. The van der Waals surface area contributed by atoms with Crippen molar-refractivity contribution in [2.24, 2.45) is 0 Å². The summed E-state index contributed by atoms with van der Waals surface area (Å²) in [5, 5.41) is 9.87. The summed E-state index contributed by atoms with van der Waals surface area (Å²) < 4.78 is 5.72. The van der Waals surface area contributed by atoms with E-state index in [1.165, 1.54) is 5.56 Å². The topological polar surface area (TPSA) is 83.8 Å². The fraction of sp³-hybridized carbons (Fsp3) is 0.188. The van der Waals surface area contributed by atoms with Gasteiger partial charge in [0.15, 0.2) is 16.3 Å². The van der Waals surface area contributed by atoms with Crippen LogP contribution in [0.4, 0.5) is 0 Å². The van der Waals surface area contributed by atoms with Gasteiger partial charge >= 0.3 is 0 Å². The number of hydrogen-bond acceptors (Lipinski definition) is 4. The number of hydrogen-bond donors (Lipinski definition) is 2. The minimum absolute atomic E-state index is 0.256. The molecule has 0 unspecified atom stereocenters. The summed E-state index contributed by atoms with van der Waals surface area (Å²) in [5.74, 6) is 1.39. The highest BCUT2D eigenvalue weighted by Crippen LogP contribution is 2.15. The van der Waals surface area contributed by atoms with Gasteiger partial charge in [-0.25, -0.2) is 4.98 Å². The first-order valence-corrected chi connectivity index (χ1v) is 7.93. The molecule has 0 bridgehead atoms. The Morgan fingerprint density at radius 3 is 2.74 bits per heavy atom. The lowest BCUT2D eigenvalue weighted by atomic mass is 10.1. The van der Waals surface area contributed by atoms with Gasteiger partial charge in [0.2, 0.25) is 0 Å². The van der Waals surface area contributed by atoms with E-state index >= 15 is 0 Å². The molecule has 0 atom stereocenters. The Kier molecular flexibility index (Phi) is 4.57. The van der Waals surface area contributed by atoms with Crippen molar-refractivity contribution >= 4 is 21.8 Å². The molecule has 0 saturated carbocycles. The van der Waals surface area contributed by atoms with Crippen LogP contribution >= 0.6 is 15.9 Å². The highest BCUT2D eigenvalue weighted by Gasteiger charge is 2.10. The number of nitrogens with one attached hydrogen (secondary N) is 2. The molecule has 118 valence electrons. The van der Waals surface area contributed by atoms with E-state index in [-0.39, 0.29) is 11.7 Å². The molecule has 7 heteroatoms. The highest BCUT2D eigenvalue weighted by molar-refractivity contribution is 9.10. The molecule has 2 aromatic heterocycles. The van der Waals surface area contributed by atoms with Crippen molar-refractivity contribution in [3.05, 3.63) is 58.2 Å². The first kappa shape index (κ1) is 15.5. The molecule has 6 nitrogen and oxygen atoms in total. The van der Waals surface area contributed by atoms with Crippen LogP contribution in [0.15, 0.2) is 45.5 Å². The number of carbonyl (C=O) groups is 1. The molecule has 3 aromatic rings. The summed E-state index contributed by atoms with van der Waals surface area (Å²) in [6, 6.07) is 11.3. The largest absolute Gasteiger partial charge is 0.444 e. The average Bonchev–Trinajstić information content (AvgIpc) is 3.17. The van der Waals surface area contributed by atoms with E-state index in [9.17, 15) is 4.79 Å². The van der Waals surface area contributed by atoms with Gasteiger partial charge in [0, 0.05) is 18.5 Å². The van der Waals surface area contributed by atoms with E-state index in [0.29, 0.717) is 23.5 Å². The van der Waals surface area contributed by atoms with Gasteiger partial charge in [-0.3, -0.25) is 9.89 Å². The molecule has 0 fully saturated rings. The number of halogens is 1. The lowest BCUT2D eigenvalue weighted by Crippen LogP contribution is -2.25. The van der Waals surface area contributed by atoms with E-state index < -0.39 is 0 Å². The van der Waals surface area contributed by atoms with Gasteiger partial charge in [-0.05, 0) is 35.0 Å². The second kappa shape index (κ2) is 6.78. The van der Waals surface area contributed by atoms with Gasteiger partial charge < -0.3 is 9.73 Å². The summed E-state index contributed by atoms with van der Waals surface area (Å²) >= 11 is 3.16. The molecule has 0 aliphatic carbocycles. The number of benzene rings is 1. The van der Waals surface area contributed by atoms with E-state index in [4.69, 9.17) is 4.42 Å². The Balaban J connectivity index is 1.55. The molecule has 0 saturated heterocycles. The lowest BCUT2D eigenvalue weighted by Gasteiger charge is -2.00. The molecule has 0 radical (unpaired) electrons. The predicted molar refractivity (Wildman–Crippen MR) is 89.0 cm³/mol. The maximum atomic E-state index is 11.8. The van der Waals surface area contributed by atoms with Crippen LogP contribution in [-0.4, -0.2) is 27.6 Å². The summed E-state index contributed by atoms with van der Waals surface area (Å²) in [4.78, 5) is 16.3. The molecule has 0 aliphatic heterocycles. The van der Waals surface area contributed by atoms with Crippen LogP contribution < -0.4 is 5.32 Å². The number of H-pyrrole nitrogens is 1.